The van der Waals surface area contributed by atoms with Gasteiger partial charge in [0.05, 0.1) is 0 Å². The summed E-state index contributed by atoms with van der Waals surface area (Å²) in [5, 5.41) is 7.00. The minimum Gasteiger partial charge on any atom is -0.724 e. The molecule has 0 heterocycles. The molecule has 0 aliphatic carbocycles. The summed E-state index contributed by atoms with van der Waals surface area (Å²) in [6, 6.07) is 0. The van der Waals surface area contributed by atoms with Crippen LogP contribution < -0.4 is 18.9 Å². The minimum atomic E-state index is -4.86. The summed E-state index contributed by atoms with van der Waals surface area (Å²) in [5.74, 6) is 0. The summed E-state index contributed by atoms with van der Waals surface area (Å²) in [6.45, 7) is 0. The molecule has 46 valence electrons. The maximum atomic E-state index is 8.97. The van der Waals surface area contributed by atoms with Crippen LogP contribution in [-0.4, -0.2) is 41.1 Å². The molecule has 0 amide bonds. The van der Waals surface area contributed by atoms with Crippen LogP contribution in [0.25, 0.3) is 0 Å². The first-order chi connectivity index (χ1) is 2.56. The number of hydrogen-bond acceptors (Lipinski definition) is 5. The van der Waals surface area contributed by atoms with E-state index in [4.69, 9.17) is 18.2 Å². The van der Waals surface area contributed by atoms with Gasteiger partial charge in [-0.25, -0.2) is 13.7 Å². The monoisotopic (exact) mass is 165 g/mol. The van der Waals surface area contributed by atoms with Gasteiger partial charge < -0.3 is 10.0 Å². The van der Waals surface area contributed by atoms with E-state index in [1.165, 1.54) is 0 Å². The summed E-state index contributed by atoms with van der Waals surface area (Å²) in [6.07, 6.45) is 0. The van der Waals surface area contributed by atoms with E-state index in [2.05, 4.69) is 4.33 Å². The van der Waals surface area contributed by atoms with E-state index in [0.717, 1.165) is 0 Å². The zero-order chi connectivity index (χ0) is 5.21. The average Bonchev–Trinajstić information content (AvgIpc) is 1.35. The van der Waals surface area contributed by atoms with Crippen molar-refractivity contribution in [1.82, 2.24) is 0 Å². The predicted octanol–water partition coefficient (Wildman–Crippen LogP) is -5.27. The van der Waals surface area contributed by atoms with Crippen molar-refractivity contribution in [3.8, 4) is 0 Å². The smallest absolute Gasteiger partial charge is 0.724 e. The molecule has 0 fully saturated rings. The molecule has 0 saturated heterocycles. The Morgan fingerprint density at radius 2 is 1.56 bits per heavy atom. The van der Waals surface area contributed by atoms with E-state index in [9.17, 15) is 0 Å². The van der Waals surface area contributed by atoms with Crippen LogP contribution in [0.3, 0.4) is 0 Å². The molecule has 0 aromatic heterocycles. The van der Waals surface area contributed by atoms with Gasteiger partial charge in [-0.05, 0) is 0 Å². The van der Waals surface area contributed by atoms with Gasteiger partial charge in [0.15, 0.2) is 0 Å². The van der Waals surface area contributed by atoms with Crippen LogP contribution in [-0.2, 0) is 14.7 Å². The first-order valence-electron chi connectivity index (χ1n) is 0.849. The Labute approximate surface area is 74.7 Å². The molecule has 9 heavy (non-hydrogen) atoms. The Balaban J connectivity index is -0.0000000417. The zero-order valence-electron chi connectivity index (χ0n) is 4.57. The van der Waals surface area contributed by atoms with Crippen molar-refractivity contribution in [3.63, 3.8) is 0 Å². The predicted molar refractivity (Wildman–Crippen MR) is 22.8 cm³/mol. The molecule has 0 aromatic rings. The van der Waals surface area contributed by atoms with E-state index in [0.29, 0.717) is 0 Å². The maximum Gasteiger partial charge on any atom is 3.00 e. The molecule has 0 bridgehead atoms. The molecule has 0 aromatic carbocycles. The SMILES string of the molecule is O.O=S(=O)([O-])OO.[Al+3].[Li+]. The third-order valence-corrected chi connectivity index (χ3v) is 0.274. The second-order valence-electron chi connectivity index (χ2n) is 0.483. The van der Waals surface area contributed by atoms with Gasteiger partial charge in [-0.15, -0.1) is 4.33 Å². The molecule has 3 N–H and O–H groups in total. The first kappa shape index (κ1) is 22.5. The third kappa shape index (κ3) is 27.8. The fourth-order valence-corrected chi connectivity index (χ4v) is 0. The first-order valence-corrected chi connectivity index (χ1v) is 2.18. The van der Waals surface area contributed by atoms with Crippen molar-refractivity contribution in [3.05, 3.63) is 0 Å². The molecule has 0 spiro atoms. The average molecular weight is 165 g/mol. The molecule has 0 atom stereocenters. The standard InChI is InChI=1S/Al.Li.H2O5S.H2O/c;;1-5-6(2,3)4;/h;;1H,(H,2,3,4);1H2/q+3;+1;;/p-1. The maximum absolute atomic E-state index is 8.97. The number of hydrogen-bond donors (Lipinski definition) is 1. The molecular formula is H3AlLiO6S+3. The van der Waals surface area contributed by atoms with Crippen LogP contribution >= 0.6 is 0 Å². The van der Waals surface area contributed by atoms with Crippen LogP contribution in [0.1, 0.15) is 0 Å². The van der Waals surface area contributed by atoms with Crippen molar-refractivity contribution in [2.75, 3.05) is 0 Å². The van der Waals surface area contributed by atoms with Gasteiger partial charge >= 0.3 is 36.2 Å². The van der Waals surface area contributed by atoms with Gasteiger partial charge in [-0.2, -0.15) is 0 Å². The Morgan fingerprint density at radius 1 is 1.44 bits per heavy atom. The molecule has 6 nitrogen and oxygen atoms in total. The van der Waals surface area contributed by atoms with Crippen LogP contribution in [0.2, 0.25) is 0 Å². The Kier molecular flexibility index (Phi) is 22.3. The zero-order valence-corrected chi connectivity index (χ0v) is 6.54. The van der Waals surface area contributed by atoms with E-state index in [1.54, 1.807) is 0 Å². The largest absolute Gasteiger partial charge is 3.00 e. The van der Waals surface area contributed by atoms with Gasteiger partial charge in [0.1, 0.15) is 0 Å². The molecule has 0 saturated carbocycles. The van der Waals surface area contributed by atoms with Crippen molar-refractivity contribution in [2.45, 2.75) is 0 Å². The van der Waals surface area contributed by atoms with Gasteiger partial charge in [0, 0.05) is 0 Å². The second-order valence-corrected chi connectivity index (χ2v) is 1.45. The Morgan fingerprint density at radius 3 is 1.56 bits per heavy atom. The van der Waals surface area contributed by atoms with Crippen LogP contribution in [0.15, 0.2) is 0 Å². The summed E-state index contributed by atoms with van der Waals surface area (Å²) in [4.78, 5) is 0. The van der Waals surface area contributed by atoms with E-state index in [1.807, 2.05) is 0 Å². The minimum absolute atomic E-state index is 0. The molecular weight excluding hydrogens is 162 g/mol. The van der Waals surface area contributed by atoms with Gasteiger partial charge in [0.2, 0.25) is 10.4 Å². The second kappa shape index (κ2) is 8.92. The van der Waals surface area contributed by atoms with Crippen molar-refractivity contribution in [1.29, 1.82) is 0 Å². The fourth-order valence-electron chi connectivity index (χ4n) is 0. The summed E-state index contributed by atoms with van der Waals surface area (Å²) in [7, 11) is -4.86. The van der Waals surface area contributed by atoms with Crippen LogP contribution in [0.4, 0.5) is 0 Å². The molecule has 0 aliphatic heterocycles. The molecule has 0 radical (unpaired) electrons. The molecule has 0 unspecified atom stereocenters. The summed E-state index contributed by atoms with van der Waals surface area (Å²) >= 11 is 0. The van der Waals surface area contributed by atoms with Crippen molar-refractivity contribution < 1.29 is 46.9 Å². The molecule has 0 aliphatic rings. The summed E-state index contributed by atoms with van der Waals surface area (Å²) < 4.78 is 29.3. The van der Waals surface area contributed by atoms with Gasteiger partial charge in [-0.3, -0.25) is 0 Å². The van der Waals surface area contributed by atoms with E-state index >= 15 is 0 Å². The van der Waals surface area contributed by atoms with Crippen molar-refractivity contribution >= 4 is 27.8 Å². The van der Waals surface area contributed by atoms with E-state index < -0.39 is 10.4 Å². The molecule has 9 heteroatoms. The normalized spacial score (nSPS) is 7.78. The summed E-state index contributed by atoms with van der Waals surface area (Å²) in [5.41, 5.74) is 0. The fraction of sp³-hybridized carbons (Fsp3) is 0. The Bertz CT molecular complexity index is 115. The van der Waals surface area contributed by atoms with Crippen molar-refractivity contribution in [2.24, 2.45) is 0 Å². The third-order valence-electron chi connectivity index (χ3n) is 0.0913. The van der Waals surface area contributed by atoms with E-state index in [-0.39, 0.29) is 41.7 Å². The van der Waals surface area contributed by atoms with Crippen LogP contribution in [0, 0.1) is 0 Å². The molecule has 0 rings (SSSR count). The van der Waals surface area contributed by atoms with Gasteiger partial charge in [0.25, 0.3) is 0 Å². The topological polar surface area (TPSA) is 118 Å². The Hall–Kier alpha value is 0.920. The quantitative estimate of drug-likeness (QED) is 0.137. The van der Waals surface area contributed by atoms with Crippen LogP contribution in [0.5, 0.6) is 0 Å². The van der Waals surface area contributed by atoms with Gasteiger partial charge in [-0.1, -0.05) is 0 Å². The number of rotatable bonds is 1.